The predicted octanol–water partition coefficient (Wildman–Crippen LogP) is 1.64. The molecular weight excluding hydrogens is 330 g/mol. The van der Waals surface area contributed by atoms with Crippen LogP contribution in [-0.2, 0) is 16.1 Å². The van der Waals surface area contributed by atoms with Gasteiger partial charge >= 0.3 is 0 Å². The number of methoxy groups -OCH3 is 1. The molecule has 1 atom stereocenters. The largest absolute Gasteiger partial charge is 0.383 e. The molecule has 1 spiro atoms. The standard InChI is InChI=1S/C20H29N3O3/c1-26-12-11-23-15-20(9-7-18(23)24)8-2-10-22(14-20)13-16-3-5-17(6-4-16)19(21)25/h3-6H,2,7-15H2,1H3,(H2,21,25). The van der Waals surface area contributed by atoms with Gasteiger partial charge < -0.3 is 15.4 Å². The van der Waals surface area contributed by atoms with Crippen molar-refractivity contribution in [3.63, 3.8) is 0 Å². The summed E-state index contributed by atoms with van der Waals surface area (Å²) in [5.74, 6) is -0.136. The lowest BCUT2D eigenvalue weighted by Crippen LogP contribution is -2.54. The molecule has 2 amide bonds. The number of rotatable bonds is 6. The van der Waals surface area contributed by atoms with E-state index in [-0.39, 0.29) is 11.3 Å². The highest BCUT2D eigenvalue weighted by Gasteiger charge is 2.41. The zero-order chi connectivity index (χ0) is 18.6. The molecule has 3 rings (SSSR count). The molecule has 6 nitrogen and oxygen atoms in total. The van der Waals surface area contributed by atoms with Crippen LogP contribution >= 0.6 is 0 Å². The van der Waals surface area contributed by atoms with Gasteiger partial charge in [-0.05, 0) is 43.5 Å². The molecule has 1 aromatic rings. The Morgan fingerprint density at radius 3 is 2.69 bits per heavy atom. The Bertz CT molecular complexity index is 646. The average Bonchev–Trinajstić information content (AvgIpc) is 2.63. The fourth-order valence-electron chi connectivity index (χ4n) is 4.32. The number of nitrogens with two attached hydrogens (primary N) is 1. The maximum Gasteiger partial charge on any atom is 0.248 e. The molecule has 2 aliphatic heterocycles. The first-order chi connectivity index (χ1) is 12.5. The van der Waals surface area contributed by atoms with E-state index < -0.39 is 5.91 Å². The molecule has 0 saturated carbocycles. The summed E-state index contributed by atoms with van der Waals surface area (Å²) in [5, 5.41) is 0. The minimum absolute atomic E-state index is 0.201. The number of piperidine rings is 2. The van der Waals surface area contributed by atoms with Gasteiger partial charge in [-0.25, -0.2) is 0 Å². The van der Waals surface area contributed by atoms with Crippen LogP contribution in [0.15, 0.2) is 24.3 Å². The number of ether oxygens (including phenoxy) is 1. The second kappa shape index (κ2) is 8.18. The van der Waals surface area contributed by atoms with Crippen molar-refractivity contribution in [3.05, 3.63) is 35.4 Å². The minimum Gasteiger partial charge on any atom is -0.383 e. The Hall–Kier alpha value is -1.92. The lowest BCUT2D eigenvalue weighted by Gasteiger charge is -2.48. The van der Waals surface area contributed by atoms with Crippen LogP contribution in [0.4, 0.5) is 0 Å². The number of likely N-dealkylation sites (tertiary alicyclic amines) is 2. The van der Waals surface area contributed by atoms with Crippen molar-refractivity contribution < 1.29 is 14.3 Å². The van der Waals surface area contributed by atoms with Gasteiger partial charge in [-0.15, -0.1) is 0 Å². The van der Waals surface area contributed by atoms with Crippen LogP contribution < -0.4 is 5.73 Å². The van der Waals surface area contributed by atoms with Crippen LogP contribution in [0.1, 0.15) is 41.6 Å². The van der Waals surface area contributed by atoms with Gasteiger partial charge in [-0.1, -0.05) is 12.1 Å². The molecule has 0 bridgehead atoms. The Balaban J connectivity index is 1.62. The van der Waals surface area contributed by atoms with Gasteiger partial charge in [0.15, 0.2) is 0 Å². The van der Waals surface area contributed by atoms with Crippen LogP contribution in [0.2, 0.25) is 0 Å². The van der Waals surface area contributed by atoms with Crippen LogP contribution in [0.5, 0.6) is 0 Å². The highest BCUT2D eigenvalue weighted by Crippen LogP contribution is 2.39. The molecule has 2 saturated heterocycles. The molecule has 1 aromatic carbocycles. The molecule has 142 valence electrons. The SMILES string of the molecule is COCCN1CC2(CCCN(Cc3ccc(C(N)=O)cc3)C2)CCC1=O. The van der Waals surface area contributed by atoms with E-state index in [1.54, 1.807) is 19.2 Å². The number of nitrogens with zero attached hydrogens (tertiary/aromatic N) is 2. The van der Waals surface area contributed by atoms with E-state index >= 15 is 0 Å². The Kier molecular flexibility index (Phi) is 5.94. The van der Waals surface area contributed by atoms with Crippen LogP contribution in [-0.4, -0.2) is 61.5 Å². The summed E-state index contributed by atoms with van der Waals surface area (Å²) in [7, 11) is 1.68. The molecule has 0 aliphatic carbocycles. The predicted molar refractivity (Wildman–Crippen MR) is 99.6 cm³/mol. The van der Waals surface area contributed by atoms with Gasteiger partial charge in [0.05, 0.1) is 6.61 Å². The van der Waals surface area contributed by atoms with Crippen molar-refractivity contribution in [3.8, 4) is 0 Å². The molecule has 1 unspecified atom stereocenters. The second-order valence-electron chi connectivity index (χ2n) is 7.68. The maximum atomic E-state index is 12.2. The summed E-state index contributed by atoms with van der Waals surface area (Å²) >= 11 is 0. The lowest BCUT2D eigenvalue weighted by molar-refractivity contribution is -0.140. The average molecular weight is 359 g/mol. The lowest BCUT2D eigenvalue weighted by atomic mass is 9.73. The molecule has 26 heavy (non-hydrogen) atoms. The molecule has 2 N–H and O–H groups in total. The zero-order valence-corrected chi connectivity index (χ0v) is 15.6. The number of primary amides is 1. The van der Waals surface area contributed by atoms with E-state index in [0.29, 0.717) is 25.1 Å². The van der Waals surface area contributed by atoms with Crippen LogP contribution in [0, 0.1) is 5.41 Å². The molecule has 6 heteroatoms. The fourth-order valence-corrected chi connectivity index (χ4v) is 4.32. The maximum absolute atomic E-state index is 12.2. The van der Waals surface area contributed by atoms with Crippen molar-refractivity contribution in [2.75, 3.05) is 39.9 Å². The van der Waals surface area contributed by atoms with E-state index in [4.69, 9.17) is 10.5 Å². The van der Waals surface area contributed by atoms with Crippen LogP contribution in [0.25, 0.3) is 0 Å². The van der Waals surface area contributed by atoms with Crippen molar-refractivity contribution in [2.24, 2.45) is 11.1 Å². The van der Waals surface area contributed by atoms with Crippen molar-refractivity contribution in [2.45, 2.75) is 32.2 Å². The Labute approximate surface area is 155 Å². The molecular formula is C20H29N3O3. The van der Waals surface area contributed by atoms with Gasteiger partial charge in [0.1, 0.15) is 0 Å². The summed E-state index contributed by atoms with van der Waals surface area (Å²) in [6, 6.07) is 7.56. The third-order valence-corrected chi connectivity index (χ3v) is 5.70. The first kappa shape index (κ1) is 18.9. The van der Waals surface area contributed by atoms with Gasteiger partial charge in [-0.2, -0.15) is 0 Å². The van der Waals surface area contributed by atoms with Gasteiger partial charge in [0.25, 0.3) is 0 Å². The fraction of sp³-hybridized carbons (Fsp3) is 0.600. The van der Waals surface area contributed by atoms with Crippen molar-refractivity contribution in [1.29, 1.82) is 0 Å². The Morgan fingerprint density at radius 1 is 1.23 bits per heavy atom. The number of carbonyl (C=O) groups is 2. The summed E-state index contributed by atoms with van der Waals surface area (Å²) in [5.41, 5.74) is 7.25. The highest BCUT2D eigenvalue weighted by molar-refractivity contribution is 5.92. The Morgan fingerprint density at radius 2 is 2.00 bits per heavy atom. The molecule has 0 radical (unpaired) electrons. The number of carbonyl (C=O) groups excluding carboxylic acids is 2. The first-order valence-electron chi connectivity index (χ1n) is 9.39. The number of benzene rings is 1. The number of hydrogen-bond acceptors (Lipinski definition) is 4. The smallest absolute Gasteiger partial charge is 0.248 e. The minimum atomic E-state index is -0.392. The van der Waals surface area contributed by atoms with Crippen molar-refractivity contribution in [1.82, 2.24) is 9.80 Å². The molecule has 2 aliphatic rings. The first-order valence-corrected chi connectivity index (χ1v) is 9.39. The number of hydrogen-bond donors (Lipinski definition) is 1. The monoisotopic (exact) mass is 359 g/mol. The third-order valence-electron chi connectivity index (χ3n) is 5.70. The van der Waals surface area contributed by atoms with E-state index in [1.165, 1.54) is 12.0 Å². The molecule has 2 fully saturated rings. The molecule has 2 heterocycles. The quantitative estimate of drug-likeness (QED) is 0.838. The summed E-state index contributed by atoms with van der Waals surface area (Å²) in [6.07, 6.45) is 3.96. The normalized spacial score (nSPS) is 24.2. The van der Waals surface area contributed by atoms with Crippen LogP contribution in [0.3, 0.4) is 0 Å². The zero-order valence-electron chi connectivity index (χ0n) is 15.6. The summed E-state index contributed by atoms with van der Waals surface area (Å²) in [4.78, 5) is 27.9. The van der Waals surface area contributed by atoms with Gasteiger partial charge in [0, 0.05) is 50.7 Å². The second-order valence-corrected chi connectivity index (χ2v) is 7.68. The van der Waals surface area contributed by atoms with Gasteiger partial charge in [0.2, 0.25) is 11.8 Å². The van der Waals surface area contributed by atoms with E-state index in [2.05, 4.69) is 4.90 Å². The van der Waals surface area contributed by atoms with E-state index in [1.807, 2.05) is 17.0 Å². The van der Waals surface area contributed by atoms with E-state index in [9.17, 15) is 9.59 Å². The highest BCUT2D eigenvalue weighted by atomic mass is 16.5. The molecule has 0 aromatic heterocycles. The third kappa shape index (κ3) is 4.43. The summed E-state index contributed by atoms with van der Waals surface area (Å²) in [6.45, 7) is 5.08. The van der Waals surface area contributed by atoms with E-state index in [0.717, 1.165) is 39.0 Å². The van der Waals surface area contributed by atoms with Crippen molar-refractivity contribution >= 4 is 11.8 Å². The van der Waals surface area contributed by atoms with Gasteiger partial charge in [-0.3, -0.25) is 14.5 Å². The summed E-state index contributed by atoms with van der Waals surface area (Å²) < 4.78 is 5.16. The number of amides is 2. The topological polar surface area (TPSA) is 75.9 Å².